The molecule has 2 heterocycles. The molecule has 3 aromatic rings. The number of benzene rings is 1. The van der Waals surface area contributed by atoms with E-state index in [0.717, 1.165) is 8.66 Å². The number of nitrogens with two attached hydrogens (primary N) is 1. The number of nitriles is 1. The molecule has 3 rings (SSSR count). The van der Waals surface area contributed by atoms with Gasteiger partial charge in [0.2, 0.25) is 0 Å². The minimum absolute atomic E-state index is 0.0488. The van der Waals surface area contributed by atoms with Gasteiger partial charge in [0.25, 0.3) is 5.69 Å². The maximum atomic E-state index is 11.3. The Labute approximate surface area is 149 Å². The van der Waals surface area contributed by atoms with Crippen molar-refractivity contribution in [2.45, 2.75) is 0 Å². The van der Waals surface area contributed by atoms with Gasteiger partial charge < -0.3 is 5.73 Å². The molecule has 6 nitrogen and oxygen atoms in total. The van der Waals surface area contributed by atoms with Crippen LogP contribution in [0.5, 0.6) is 0 Å². The Hall–Kier alpha value is -2.76. The van der Waals surface area contributed by atoms with Gasteiger partial charge in [0.15, 0.2) is 0 Å². The largest absolute Gasteiger partial charge is 0.383 e. The molecule has 0 aliphatic rings. The lowest BCUT2D eigenvalue weighted by molar-refractivity contribution is -0.384. The van der Waals surface area contributed by atoms with E-state index in [1.54, 1.807) is 24.3 Å². The lowest BCUT2D eigenvalue weighted by Crippen LogP contribution is -2.00. The quantitative estimate of drug-likeness (QED) is 0.510. The van der Waals surface area contributed by atoms with Crippen LogP contribution in [0.15, 0.2) is 46.3 Å². The van der Waals surface area contributed by atoms with Crippen LogP contribution in [0.3, 0.4) is 0 Å². The molecule has 0 saturated carbocycles. The average molecular weight is 401 g/mol. The predicted octanol–water partition coefficient (Wildman–Crippen LogP) is 4.60. The SMILES string of the molecule is N#Cc1c(-c2ccc(Br)s2)cc(-c2ccccc2[N+](=O)[O-])nc1N. The van der Waals surface area contributed by atoms with Crippen molar-refractivity contribution in [2.75, 3.05) is 5.73 Å². The molecule has 0 amide bonds. The molecule has 8 heteroatoms. The zero-order valence-corrected chi connectivity index (χ0v) is 14.5. The second-order valence-electron chi connectivity index (χ2n) is 4.81. The van der Waals surface area contributed by atoms with E-state index in [4.69, 9.17) is 5.73 Å². The third kappa shape index (κ3) is 2.87. The number of nitrogen functional groups attached to an aromatic ring is 1. The molecule has 0 radical (unpaired) electrons. The Morgan fingerprint density at radius 1 is 1.25 bits per heavy atom. The zero-order valence-electron chi connectivity index (χ0n) is 12.1. The molecule has 118 valence electrons. The van der Waals surface area contributed by atoms with Crippen molar-refractivity contribution < 1.29 is 4.92 Å². The van der Waals surface area contributed by atoms with Crippen LogP contribution in [-0.2, 0) is 0 Å². The summed E-state index contributed by atoms with van der Waals surface area (Å²) < 4.78 is 0.906. The third-order valence-electron chi connectivity index (χ3n) is 3.37. The van der Waals surface area contributed by atoms with Crippen LogP contribution < -0.4 is 5.73 Å². The first-order chi connectivity index (χ1) is 11.5. The molecule has 24 heavy (non-hydrogen) atoms. The molecule has 1 aromatic carbocycles. The average Bonchev–Trinajstić information content (AvgIpc) is 3.00. The van der Waals surface area contributed by atoms with Crippen LogP contribution in [0.25, 0.3) is 21.7 Å². The maximum Gasteiger partial charge on any atom is 0.278 e. The van der Waals surface area contributed by atoms with Crippen LogP contribution in [-0.4, -0.2) is 9.91 Å². The van der Waals surface area contributed by atoms with Crippen molar-refractivity contribution >= 4 is 38.8 Å². The fourth-order valence-electron chi connectivity index (χ4n) is 2.32. The number of nitro groups is 1. The first kappa shape index (κ1) is 16.1. The molecule has 2 N–H and O–H groups in total. The van der Waals surface area contributed by atoms with Gasteiger partial charge in [0.05, 0.1) is 20.0 Å². The number of nitro benzene ring substituents is 1. The number of para-hydroxylation sites is 1. The van der Waals surface area contributed by atoms with Gasteiger partial charge in [-0.2, -0.15) is 5.26 Å². The number of anilines is 1. The summed E-state index contributed by atoms with van der Waals surface area (Å²) in [6.07, 6.45) is 0. The smallest absolute Gasteiger partial charge is 0.278 e. The molecule has 0 unspecified atom stereocenters. The van der Waals surface area contributed by atoms with E-state index in [1.807, 2.05) is 12.1 Å². The van der Waals surface area contributed by atoms with E-state index < -0.39 is 4.92 Å². The number of nitrogens with zero attached hydrogens (tertiary/aromatic N) is 3. The summed E-state index contributed by atoms with van der Waals surface area (Å²) in [7, 11) is 0. The molecule has 2 aromatic heterocycles. The topological polar surface area (TPSA) is 106 Å². The van der Waals surface area contributed by atoms with Gasteiger partial charge in [0, 0.05) is 16.5 Å². The lowest BCUT2D eigenvalue weighted by atomic mass is 10.0. The fourth-order valence-corrected chi connectivity index (χ4v) is 3.73. The van der Waals surface area contributed by atoms with Crippen LogP contribution in [0.1, 0.15) is 5.56 Å². The van der Waals surface area contributed by atoms with Crippen molar-refractivity contribution in [3.05, 3.63) is 61.9 Å². The van der Waals surface area contributed by atoms with Crippen molar-refractivity contribution in [2.24, 2.45) is 0 Å². The highest BCUT2D eigenvalue weighted by Gasteiger charge is 2.20. The number of hydrogen-bond acceptors (Lipinski definition) is 6. The van der Waals surface area contributed by atoms with Crippen LogP contribution >= 0.6 is 27.3 Å². The Balaban J connectivity index is 2.27. The number of rotatable bonds is 3. The molecular formula is C16H9BrN4O2S. The second-order valence-corrected chi connectivity index (χ2v) is 7.27. The summed E-state index contributed by atoms with van der Waals surface area (Å²) >= 11 is 4.83. The minimum Gasteiger partial charge on any atom is -0.383 e. The van der Waals surface area contributed by atoms with Gasteiger partial charge in [-0.1, -0.05) is 12.1 Å². The highest BCUT2D eigenvalue weighted by Crippen LogP contribution is 2.38. The summed E-state index contributed by atoms with van der Waals surface area (Å²) in [6, 6.07) is 13.7. The fraction of sp³-hybridized carbons (Fsp3) is 0. The number of thiophene rings is 1. The van der Waals surface area contributed by atoms with E-state index in [0.29, 0.717) is 16.8 Å². The first-order valence-electron chi connectivity index (χ1n) is 6.71. The molecule has 0 fully saturated rings. The minimum atomic E-state index is -0.465. The standard InChI is InChI=1S/C16H9BrN4O2S/c17-15-6-5-14(24-15)10-7-12(20-16(19)11(10)8-18)9-3-1-2-4-13(9)21(22)23/h1-7H,(H2,19,20). The Morgan fingerprint density at radius 3 is 2.62 bits per heavy atom. The molecule has 0 bridgehead atoms. The van der Waals surface area contributed by atoms with Crippen LogP contribution in [0.2, 0.25) is 0 Å². The first-order valence-corrected chi connectivity index (χ1v) is 8.32. The summed E-state index contributed by atoms with van der Waals surface area (Å²) in [4.78, 5) is 15.8. The summed E-state index contributed by atoms with van der Waals surface area (Å²) in [5.41, 5.74) is 7.45. The van der Waals surface area contributed by atoms with Gasteiger partial charge in [-0.3, -0.25) is 10.1 Å². The lowest BCUT2D eigenvalue weighted by Gasteiger charge is -2.09. The third-order valence-corrected chi connectivity index (χ3v) is 5.03. The maximum absolute atomic E-state index is 11.3. The van der Waals surface area contributed by atoms with Crippen LogP contribution in [0, 0.1) is 21.4 Å². The highest BCUT2D eigenvalue weighted by molar-refractivity contribution is 9.11. The van der Waals surface area contributed by atoms with Gasteiger partial charge in [0.1, 0.15) is 17.5 Å². The van der Waals surface area contributed by atoms with Gasteiger partial charge in [-0.25, -0.2) is 4.98 Å². The molecule has 0 spiro atoms. The highest BCUT2D eigenvalue weighted by atomic mass is 79.9. The van der Waals surface area contributed by atoms with E-state index >= 15 is 0 Å². The van der Waals surface area contributed by atoms with Gasteiger partial charge in [-0.05, 0) is 40.2 Å². The Kier molecular flexibility index (Phi) is 4.29. The normalized spacial score (nSPS) is 10.3. The number of hydrogen-bond donors (Lipinski definition) is 1. The van der Waals surface area contributed by atoms with E-state index in [1.165, 1.54) is 17.4 Å². The van der Waals surface area contributed by atoms with E-state index in [-0.39, 0.29) is 17.1 Å². The van der Waals surface area contributed by atoms with Crippen molar-refractivity contribution in [1.82, 2.24) is 4.98 Å². The summed E-state index contributed by atoms with van der Waals surface area (Å²) in [5, 5.41) is 20.6. The molecule has 0 aliphatic carbocycles. The van der Waals surface area contributed by atoms with Crippen molar-refractivity contribution in [3.8, 4) is 27.8 Å². The van der Waals surface area contributed by atoms with Crippen molar-refractivity contribution in [3.63, 3.8) is 0 Å². The Morgan fingerprint density at radius 2 is 2.00 bits per heavy atom. The van der Waals surface area contributed by atoms with Crippen molar-refractivity contribution in [1.29, 1.82) is 5.26 Å². The van der Waals surface area contributed by atoms with E-state index in [2.05, 4.69) is 27.0 Å². The molecule has 0 aliphatic heterocycles. The molecule has 0 atom stereocenters. The number of halogens is 1. The summed E-state index contributed by atoms with van der Waals surface area (Å²) in [5.74, 6) is 0.0488. The number of aromatic nitrogens is 1. The van der Waals surface area contributed by atoms with E-state index in [9.17, 15) is 15.4 Å². The monoisotopic (exact) mass is 400 g/mol. The zero-order chi connectivity index (χ0) is 17.3. The Bertz CT molecular complexity index is 994. The second kappa shape index (κ2) is 6.39. The van der Waals surface area contributed by atoms with Gasteiger partial charge >= 0.3 is 0 Å². The molecule has 0 saturated heterocycles. The number of pyridine rings is 1. The summed E-state index contributed by atoms with van der Waals surface area (Å²) in [6.45, 7) is 0. The van der Waals surface area contributed by atoms with Gasteiger partial charge in [-0.15, -0.1) is 11.3 Å². The predicted molar refractivity (Wildman–Crippen MR) is 96.5 cm³/mol. The van der Waals surface area contributed by atoms with Crippen LogP contribution in [0.4, 0.5) is 11.5 Å². The molecular weight excluding hydrogens is 392 g/mol.